The highest BCUT2D eigenvalue weighted by atomic mass is 16.2. The summed E-state index contributed by atoms with van der Waals surface area (Å²) in [6, 6.07) is 10.0. The molecule has 1 aromatic rings. The predicted octanol–water partition coefficient (Wildman–Crippen LogP) is 1.36. The molecule has 0 aromatic heterocycles. The highest BCUT2D eigenvalue weighted by Gasteiger charge is 2.09. The highest BCUT2D eigenvalue weighted by molar-refractivity contribution is 5.81. The molecule has 0 fully saturated rings. The Balaban J connectivity index is 2.14. The third kappa shape index (κ3) is 6.36. The molecule has 4 heteroatoms. The molecular weight excluding hydrogens is 238 g/mol. The van der Waals surface area contributed by atoms with Gasteiger partial charge < -0.3 is 16.0 Å². The van der Waals surface area contributed by atoms with Gasteiger partial charge in [0.2, 0.25) is 5.91 Å². The predicted molar refractivity (Wildman–Crippen MR) is 78.7 cm³/mol. The molecule has 1 aromatic carbocycles. The Labute approximate surface area is 116 Å². The SMILES string of the molecule is CC[C@@H](N)C(=O)NCCCN(C)Cc1ccccc1. The second-order valence-corrected chi connectivity index (χ2v) is 4.88. The Morgan fingerprint density at radius 2 is 2.05 bits per heavy atom. The Morgan fingerprint density at radius 1 is 1.37 bits per heavy atom. The monoisotopic (exact) mass is 263 g/mol. The largest absolute Gasteiger partial charge is 0.355 e. The minimum Gasteiger partial charge on any atom is -0.355 e. The number of rotatable bonds is 8. The molecular formula is C15H25N3O. The molecule has 0 saturated carbocycles. The van der Waals surface area contributed by atoms with Gasteiger partial charge in [-0.15, -0.1) is 0 Å². The van der Waals surface area contributed by atoms with E-state index >= 15 is 0 Å². The van der Waals surface area contributed by atoms with Crippen molar-refractivity contribution in [3.63, 3.8) is 0 Å². The van der Waals surface area contributed by atoms with Crippen molar-refractivity contribution in [2.45, 2.75) is 32.4 Å². The van der Waals surface area contributed by atoms with Crippen molar-refractivity contribution in [2.24, 2.45) is 5.73 Å². The van der Waals surface area contributed by atoms with E-state index in [1.807, 2.05) is 13.0 Å². The number of carbonyl (C=O) groups excluding carboxylic acids is 1. The van der Waals surface area contributed by atoms with Crippen molar-refractivity contribution in [1.82, 2.24) is 10.2 Å². The summed E-state index contributed by atoms with van der Waals surface area (Å²) in [5, 5.41) is 2.86. The lowest BCUT2D eigenvalue weighted by atomic mass is 10.2. The van der Waals surface area contributed by atoms with Crippen LogP contribution in [0.5, 0.6) is 0 Å². The van der Waals surface area contributed by atoms with Gasteiger partial charge in [0.05, 0.1) is 6.04 Å². The summed E-state index contributed by atoms with van der Waals surface area (Å²) in [6.07, 6.45) is 1.62. The molecule has 0 aliphatic rings. The van der Waals surface area contributed by atoms with Crippen molar-refractivity contribution in [2.75, 3.05) is 20.1 Å². The van der Waals surface area contributed by atoms with Gasteiger partial charge in [0.15, 0.2) is 0 Å². The summed E-state index contributed by atoms with van der Waals surface area (Å²) in [5.41, 5.74) is 6.95. The fourth-order valence-electron chi connectivity index (χ4n) is 1.85. The average Bonchev–Trinajstić information content (AvgIpc) is 2.43. The Kier molecular flexibility index (Phi) is 7.15. The van der Waals surface area contributed by atoms with Crippen molar-refractivity contribution >= 4 is 5.91 Å². The van der Waals surface area contributed by atoms with Crippen LogP contribution in [0.15, 0.2) is 30.3 Å². The molecule has 0 heterocycles. The molecule has 4 nitrogen and oxygen atoms in total. The quantitative estimate of drug-likeness (QED) is 0.696. The lowest BCUT2D eigenvalue weighted by molar-refractivity contribution is -0.122. The van der Waals surface area contributed by atoms with Crippen LogP contribution in [0.4, 0.5) is 0 Å². The molecule has 19 heavy (non-hydrogen) atoms. The maximum atomic E-state index is 11.5. The topological polar surface area (TPSA) is 58.4 Å². The Hall–Kier alpha value is -1.39. The maximum absolute atomic E-state index is 11.5. The molecule has 0 radical (unpaired) electrons. The van der Waals surface area contributed by atoms with Crippen LogP contribution in [0.25, 0.3) is 0 Å². The van der Waals surface area contributed by atoms with Gasteiger partial charge in [-0.1, -0.05) is 37.3 Å². The van der Waals surface area contributed by atoms with Gasteiger partial charge in [0.1, 0.15) is 0 Å². The lowest BCUT2D eigenvalue weighted by Gasteiger charge is -2.17. The summed E-state index contributed by atoms with van der Waals surface area (Å²) in [4.78, 5) is 13.7. The van der Waals surface area contributed by atoms with Crippen LogP contribution in [-0.2, 0) is 11.3 Å². The van der Waals surface area contributed by atoms with Crippen LogP contribution < -0.4 is 11.1 Å². The number of amides is 1. The molecule has 1 amide bonds. The first-order valence-electron chi connectivity index (χ1n) is 6.89. The molecule has 0 unspecified atom stereocenters. The molecule has 0 saturated heterocycles. The van der Waals surface area contributed by atoms with Gasteiger partial charge >= 0.3 is 0 Å². The van der Waals surface area contributed by atoms with Crippen molar-refractivity contribution in [3.05, 3.63) is 35.9 Å². The first-order chi connectivity index (χ1) is 9.13. The molecule has 0 aliphatic heterocycles. The number of benzene rings is 1. The summed E-state index contributed by atoms with van der Waals surface area (Å²) in [7, 11) is 2.09. The summed E-state index contributed by atoms with van der Waals surface area (Å²) >= 11 is 0. The van der Waals surface area contributed by atoms with E-state index in [9.17, 15) is 4.79 Å². The van der Waals surface area contributed by atoms with E-state index in [1.165, 1.54) is 5.56 Å². The van der Waals surface area contributed by atoms with Gasteiger partial charge in [-0.05, 0) is 32.0 Å². The zero-order valence-electron chi connectivity index (χ0n) is 11.9. The molecule has 0 bridgehead atoms. The van der Waals surface area contributed by atoms with Crippen molar-refractivity contribution in [3.8, 4) is 0 Å². The fourth-order valence-corrected chi connectivity index (χ4v) is 1.85. The third-order valence-corrected chi connectivity index (χ3v) is 3.09. The summed E-state index contributed by atoms with van der Waals surface area (Å²) in [5.74, 6) is -0.0480. The van der Waals surface area contributed by atoms with Crippen molar-refractivity contribution < 1.29 is 4.79 Å². The van der Waals surface area contributed by atoms with Gasteiger partial charge in [0.25, 0.3) is 0 Å². The smallest absolute Gasteiger partial charge is 0.236 e. The zero-order valence-corrected chi connectivity index (χ0v) is 11.9. The van der Waals surface area contributed by atoms with E-state index in [4.69, 9.17) is 5.73 Å². The third-order valence-electron chi connectivity index (χ3n) is 3.09. The number of nitrogens with two attached hydrogens (primary N) is 1. The number of nitrogens with zero attached hydrogens (tertiary/aromatic N) is 1. The highest BCUT2D eigenvalue weighted by Crippen LogP contribution is 2.02. The van der Waals surface area contributed by atoms with Crippen LogP contribution in [0, 0.1) is 0 Å². The van der Waals surface area contributed by atoms with Gasteiger partial charge in [-0.2, -0.15) is 0 Å². The van der Waals surface area contributed by atoms with Crippen LogP contribution >= 0.6 is 0 Å². The minimum absolute atomic E-state index is 0.0480. The fraction of sp³-hybridized carbons (Fsp3) is 0.533. The summed E-state index contributed by atoms with van der Waals surface area (Å²) < 4.78 is 0. The first kappa shape index (κ1) is 15.7. The van der Waals surface area contributed by atoms with Gasteiger partial charge in [-0.25, -0.2) is 0 Å². The van der Waals surface area contributed by atoms with Crippen LogP contribution in [-0.4, -0.2) is 37.0 Å². The lowest BCUT2D eigenvalue weighted by Crippen LogP contribution is -2.40. The number of nitrogens with one attached hydrogen (secondary N) is 1. The molecule has 1 atom stereocenters. The van der Waals surface area contributed by atoms with Gasteiger partial charge in [0, 0.05) is 13.1 Å². The van der Waals surface area contributed by atoms with Crippen LogP contribution in [0.1, 0.15) is 25.3 Å². The first-order valence-corrected chi connectivity index (χ1v) is 6.89. The number of carbonyl (C=O) groups is 1. The second kappa shape index (κ2) is 8.67. The number of hydrogen-bond acceptors (Lipinski definition) is 3. The maximum Gasteiger partial charge on any atom is 0.236 e. The number of hydrogen-bond donors (Lipinski definition) is 2. The van der Waals surface area contributed by atoms with E-state index in [-0.39, 0.29) is 11.9 Å². The van der Waals surface area contributed by atoms with E-state index in [0.29, 0.717) is 13.0 Å². The van der Waals surface area contributed by atoms with Crippen LogP contribution in [0.3, 0.4) is 0 Å². The normalized spacial score (nSPS) is 12.4. The van der Waals surface area contributed by atoms with E-state index in [1.54, 1.807) is 0 Å². The van der Waals surface area contributed by atoms with E-state index in [0.717, 1.165) is 19.5 Å². The molecule has 0 aliphatic carbocycles. The molecule has 1 rings (SSSR count). The van der Waals surface area contributed by atoms with Gasteiger partial charge in [-0.3, -0.25) is 4.79 Å². The van der Waals surface area contributed by atoms with E-state index in [2.05, 4.69) is 41.5 Å². The standard InChI is InChI=1S/C15H25N3O/c1-3-14(16)15(19)17-10-7-11-18(2)12-13-8-5-4-6-9-13/h4-6,8-9,14H,3,7,10-12,16H2,1-2H3,(H,17,19)/t14-/m1/s1. The zero-order chi connectivity index (χ0) is 14.1. The Morgan fingerprint density at radius 3 is 2.68 bits per heavy atom. The average molecular weight is 263 g/mol. The molecule has 3 N–H and O–H groups in total. The second-order valence-electron chi connectivity index (χ2n) is 4.88. The molecule has 0 spiro atoms. The van der Waals surface area contributed by atoms with Crippen LogP contribution in [0.2, 0.25) is 0 Å². The summed E-state index contributed by atoms with van der Waals surface area (Å²) in [6.45, 7) is 4.49. The molecule has 106 valence electrons. The van der Waals surface area contributed by atoms with Crippen molar-refractivity contribution in [1.29, 1.82) is 0 Å². The van der Waals surface area contributed by atoms with E-state index < -0.39 is 0 Å². The minimum atomic E-state index is -0.373. The Bertz CT molecular complexity index is 367.